The van der Waals surface area contributed by atoms with Crippen LogP contribution in [0.3, 0.4) is 0 Å². The highest BCUT2D eigenvalue weighted by molar-refractivity contribution is 7.97. The van der Waals surface area contributed by atoms with Gasteiger partial charge in [-0.05, 0) is 81.2 Å². The third-order valence-corrected chi connectivity index (χ3v) is 6.66. The molecule has 4 rings (SSSR count). The van der Waals surface area contributed by atoms with Gasteiger partial charge < -0.3 is 9.47 Å². The molecule has 4 heteroatoms. The summed E-state index contributed by atoms with van der Waals surface area (Å²) >= 11 is 1.79. The number of aromatic nitrogens is 1. The van der Waals surface area contributed by atoms with Crippen LogP contribution in [0.5, 0.6) is 0 Å². The van der Waals surface area contributed by atoms with Gasteiger partial charge in [-0.25, -0.2) is 0 Å². The van der Waals surface area contributed by atoms with Crippen LogP contribution in [0, 0.1) is 0 Å². The largest absolute Gasteiger partial charge is 0.343 e. The van der Waals surface area contributed by atoms with E-state index in [1.54, 1.807) is 17.5 Å². The lowest BCUT2D eigenvalue weighted by Gasteiger charge is -2.28. The molecule has 1 fully saturated rings. The monoisotopic (exact) mass is 393 g/mol. The summed E-state index contributed by atoms with van der Waals surface area (Å²) in [6, 6.07) is 17.9. The number of benzene rings is 2. The van der Waals surface area contributed by atoms with Crippen molar-refractivity contribution in [3.05, 3.63) is 71.4 Å². The number of hydrogen-bond donors (Lipinski definition) is 1. The molecule has 0 amide bonds. The molecule has 148 valence electrons. The highest BCUT2D eigenvalue weighted by atomic mass is 32.2. The topological polar surface area (TPSA) is 20.2 Å². The molecule has 0 saturated carbocycles. The lowest BCUT2D eigenvalue weighted by molar-refractivity contribution is 0.256. The second kappa shape index (κ2) is 9.17. The van der Waals surface area contributed by atoms with Gasteiger partial charge >= 0.3 is 0 Å². The van der Waals surface area contributed by atoms with Crippen LogP contribution in [-0.4, -0.2) is 42.4 Å². The fourth-order valence-electron chi connectivity index (χ4n) is 4.35. The van der Waals surface area contributed by atoms with Crippen LogP contribution in [0.4, 0.5) is 0 Å². The molecule has 0 radical (unpaired) electrons. The van der Waals surface area contributed by atoms with Crippen molar-refractivity contribution < 1.29 is 0 Å². The van der Waals surface area contributed by atoms with Crippen molar-refractivity contribution in [2.45, 2.75) is 31.7 Å². The summed E-state index contributed by atoms with van der Waals surface area (Å²) in [5.74, 6) is 1.79. The summed E-state index contributed by atoms with van der Waals surface area (Å²) in [5.41, 5.74) is 5.75. The van der Waals surface area contributed by atoms with E-state index in [1.165, 1.54) is 48.0 Å². The zero-order valence-corrected chi connectivity index (χ0v) is 17.8. The summed E-state index contributed by atoms with van der Waals surface area (Å²) in [6.45, 7) is 3.35. The zero-order chi connectivity index (χ0) is 19.3. The van der Waals surface area contributed by atoms with E-state index >= 15 is 0 Å². The van der Waals surface area contributed by atoms with Gasteiger partial charge in [-0.2, -0.15) is 0 Å². The molecule has 0 spiro atoms. The van der Waals surface area contributed by atoms with Crippen LogP contribution in [0.15, 0.2) is 54.7 Å². The molecule has 2 heterocycles. The molecule has 0 aliphatic carbocycles. The molecule has 0 unspecified atom stereocenters. The highest BCUT2D eigenvalue weighted by Gasteiger charge is 2.22. The maximum Gasteiger partial charge on any atom is 0.0486 e. The molecule has 2 aromatic carbocycles. The maximum atomic E-state index is 3.18. The normalized spacial score (nSPS) is 16.1. The minimum absolute atomic E-state index is 0.678. The SMILES string of the molecule is CNSCCc1ccc2c(c1)c(C1CCN(C)CC1)cn2Cc1ccccc1. The molecular weight excluding hydrogens is 362 g/mol. The highest BCUT2D eigenvalue weighted by Crippen LogP contribution is 2.35. The summed E-state index contributed by atoms with van der Waals surface area (Å²) in [6.07, 6.45) is 6.08. The second-order valence-corrected chi connectivity index (χ2v) is 9.03. The third-order valence-electron chi connectivity index (χ3n) is 5.97. The molecule has 28 heavy (non-hydrogen) atoms. The molecule has 1 saturated heterocycles. The van der Waals surface area contributed by atoms with Gasteiger partial charge in [0.05, 0.1) is 0 Å². The van der Waals surface area contributed by atoms with E-state index in [0.717, 1.165) is 18.7 Å². The van der Waals surface area contributed by atoms with Gasteiger partial charge in [0.25, 0.3) is 0 Å². The lowest BCUT2D eigenvalue weighted by Crippen LogP contribution is -2.29. The summed E-state index contributed by atoms with van der Waals surface area (Å²) in [4.78, 5) is 2.46. The summed E-state index contributed by atoms with van der Waals surface area (Å²) < 4.78 is 5.64. The van der Waals surface area contributed by atoms with Crippen LogP contribution >= 0.6 is 11.9 Å². The minimum atomic E-state index is 0.678. The van der Waals surface area contributed by atoms with E-state index in [-0.39, 0.29) is 0 Å². The van der Waals surface area contributed by atoms with Crippen molar-refractivity contribution in [1.29, 1.82) is 0 Å². The number of likely N-dealkylation sites (tertiary alicyclic amines) is 1. The van der Waals surface area contributed by atoms with Gasteiger partial charge in [0, 0.05) is 29.4 Å². The van der Waals surface area contributed by atoms with Crippen molar-refractivity contribution in [2.75, 3.05) is 32.9 Å². The molecule has 3 nitrogen and oxygen atoms in total. The number of rotatable bonds is 7. The Morgan fingerprint density at radius 3 is 2.57 bits per heavy atom. The third kappa shape index (κ3) is 4.45. The number of hydrogen-bond acceptors (Lipinski definition) is 3. The first-order valence-corrected chi connectivity index (χ1v) is 11.4. The lowest BCUT2D eigenvalue weighted by atomic mass is 9.89. The van der Waals surface area contributed by atoms with E-state index in [1.807, 2.05) is 7.05 Å². The molecule has 3 aromatic rings. The van der Waals surface area contributed by atoms with E-state index in [9.17, 15) is 0 Å². The van der Waals surface area contributed by atoms with Crippen LogP contribution in [0.25, 0.3) is 10.9 Å². The van der Waals surface area contributed by atoms with Gasteiger partial charge in [-0.1, -0.05) is 48.3 Å². The second-order valence-electron chi connectivity index (χ2n) is 7.93. The Labute approximate surface area is 173 Å². The predicted molar refractivity (Wildman–Crippen MR) is 122 cm³/mol. The Bertz CT molecular complexity index is 895. The van der Waals surface area contributed by atoms with Crippen molar-refractivity contribution in [1.82, 2.24) is 14.2 Å². The summed E-state index contributed by atoms with van der Waals surface area (Å²) in [5, 5.41) is 1.47. The van der Waals surface area contributed by atoms with Gasteiger partial charge in [-0.15, -0.1) is 0 Å². The molecule has 1 N–H and O–H groups in total. The van der Waals surface area contributed by atoms with Crippen molar-refractivity contribution in [2.24, 2.45) is 0 Å². The Kier molecular flexibility index (Phi) is 6.40. The number of nitrogens with zero attached hydrogens (tertiary/aromatic N) is 2. The van der Waals surface area contributed by atoms with Crippen molar-refractivity contribution in [3.8, 4) is 0 Å². The van der Waals surface area contributed by atoms with Crippen LogP contribution in [0.2, 0.25) is 0 Å². The fraction of sp³-hybridized carbons (Fsp3) is 0.417. The standard InChI is InChI=1S/C24H31N3S/c1-25-28-15-12-19-8-9-24-22(16-19)23(21-10-13-26(2)14-11-21)18-27(24)17-20-6-4-3-5-7-20/h3-9,16,18,21,25H,10-15,17H2,1-2H3. The van der Waals surface area contributed by atoms with E-state index in [4.69, 9.17) is 0 Å². The molecular formula is C24H31N3S. The minimum Gasteiger partial charge on any atom is -0.343 e. The molecule has 1 aromatic heterocycles. The Morgan fingerprint density at radius 1 is 1.04 bits per heavy atom. The van der Waals surface area contributed by atoms with Crippen LogP contribution in [0.1, 0.15) is 35.4 Å². The van der Waals surface area contributed by atoms with E-state index < -0.39 is 0 Å². The van der Waals surface area contributed by atoms with Gasteiger partial charge in [-0.3, -0.25) is 4.72 Å². The maximum absolute atomic E-state index is 3.18. The van der Waals surface area contributed by atoms with Crippen molar-refractivity contribution >= 4 is 22.9 Å². The van der Waals surface area contributed by atoms with Gasteiger partial charge in [0.1, 0.15) is 0 Å². The first-order valence-electron chi connectivity index (χ1n) is 10.4. The predicted octanol–water partition coefficient (Wildman–Crippen LogP) is 4.91. The first kappa shape index (κ1) is 19.6. The smallest absolute Gasteiger partial charge is 0.0486 e. The van der Waals surface area contributed by atoms with Gasteiger partial charge in [0.15, 0.2) is 0 Å². The Balaban J connectivity index is 1.68. The first-order chi connectivity index (χ1) is 13.7. The number of fused-ring (bicyclic) bond motifs is 1. The number of aryl methyl sites for hydroxylation is 1. The van der Waals surface area contributed by atoms with Gasteiger partial charge in [0.2, 0.25) is 0 Å². The Hall–Kier alpha value is -1.75. The number of nitrogens with one attached hydrogen (secondary N) is 1. The van der Waals surface area contributed by atoms with E-state index in [2.05, 4.69) is 76.0 Å². The van der Waals surface area contributed by atoms with E-state index in [0.29, 0.717) is 5.92 Å². The molecule has 1 aliphatic rings. The molecule has 0 bridgehead atoms. The molecule has 0 atom stereocenters. The average molecular weight is 394 g/mol. The van der Waals surface area contributed by atoms with Crippen LogP contribution in [-0.2, 0) is 13.0 Å². The molecule has 1 aliphatic heterocycles. The fourth-order valence-corrected chi connectivity index (χ4v) is 4.90. The zero-order valence-electron chi connectivity index (χ0n) is 17.0. The Morgan fingerprint density at radius 2 is 1.82 bits per heavy atom. The van der Waals surface area contributed by atoms with Crippen molar-refractivity contribution in [3.63, 3.8) is 0 Å². The van der Waals surface area contributed by atoms with Crippen LogP contribution < -0.4 is 4.72 Å². The summed E-state index contributed by atoms with van der Waals surface area (Å²) in [7, 11) is 4.24. The average Bonchev–Trinajstić information content (AvgIpc) is 3.07. The quantitative estimate of drug-likeness (QED) is 0.455. The number of piperidine rings is 1.